The molecule has 0 atom stereocenters. The number of aryl methyl sites for hydroxylation is 1. The van der Waals surface area contributed by atoms with Crippen molar-refractivity contribution in [2.75, 3.05) is 11.2 Å². The lowest BCUT2D eigenvalue weighted by Gasteiger charge is -2.20. The van der Waals surface area contributed by atoms with Gasteiger partial charge in [0.2, 0.25) is 5.91 Å². The Bertz CT molecular complexity index is 1140. The van der Waals surface area contributed by atoms with Crippen molar-refractivity contribution in [3.8, 4) is 0 Å². The van der Waals surface area contributed by atoms with Crippen molar-refractivity contribution in [1.82, 2.24) is 9.97 Å². The molecule has 30 heavy (non-hydrogen) atoms. The summed E-state index contributed by atoms with van der Waals surface area (Å²) in [5, 5.41) is 0.737. The average molecular weight is 434 g/mol. The van der Waals surface area contributed by atoms with Crippen LogP contribution in [-0.4, -0.2) is 22.1 Å². The molecular weight excluding hydrogens is 410 g/mol. The highest BCUT2D eigenvalue weighted by molar-refractivity contribution is 7.98. The van der Waals surface area contributed by atoms with E-state index in [0.29, 0.717) is 13.0 Å². The largest absolute Gasteiger partial charge is 0.283 e. The number of thiazole rings is 1. The molecule has 0 bridgehead atoms. The van der Waals surface area contributed by atoms with Gasteiger partial charge in [0.25, 0.3) is 0 Å². The SMILES string of the molecule is CCc1ccc2nc(N(Cc3ccncc3)C(=O)Cc3ccc(SC)cc3)sc2c1. The van der Waals surface area contributed by atoms with E-state index in [1.54, 1.807) is 40.4 Å². The molecule has 0 aliphatic heterocycles. The van der Waals surface area contributed by atoms with Gasteiger partial charge in [0.05, 0.1) is 23.2 Å². The zero-order valence-electron chi connectivity index (χ0n) is 17.0. The van der Waals surface area contributed by atoms with E-state index in [1.807, 2.05) is 36.6 Å². The van der Waals surface area contributed by atoms with Gasteiger partial charge in [-0.2, -0.15) is 0 Å². The summed E-state index contributed by atoms with van der Waals surface area (Å²) in [4.78, 5) is 25.2. The van der Waals surface area contributed by atoms with Crippen LogP contribution >= 0.6 is 23.1 Å². The van der Waals surface area contributed by atoms with Crippen LogP contribution in [0.15, 0.2) is 71.9 Å². The summed E-state index contributed by atoms with van der Waals surface area (Å²) in [6.45, 7) is 2.62. The molecule has 2 aromatic heterocycles. The van der Waals surface area contributed by atoms with Crippen molar-refractivity contribution in [1.29, 1.82) is 0 Å². The van der Waals surface area contributed by atoms with E-state index in [0.717, 1.165) is 32.9 Å². The molecule has 0 spiro atoms. The Morgan fingerprint density at radius 1 is 1.00 bits per heavy atom. The van der Waals surface area contributed by atoms with E-state index in [-0.39, 0.29) is 5.91 Å². The number of anilines is 1. The minimum absolute atomic E-state index is 0.0403. The van der Waals surface area contributed by atoms with Gasteiger partial charge in [-0.15, -0.1) is 11.8 Å². The summed E-state index contributed by atoms with van der Waals surface area (Å²) >= 11 is 3.27. The Morgan fingerprint density at radius 3 is 2.43 bits per heavy atom. The van der Waals surface area contributed by atoms with Gasteiger partial charge >= 0.3 is 0 Å². The topological polar surface area (TPSA) is 46.1 Å². The number of hydrogen-bond donors (Lipinski definition) is 0. The minimum atomic E-state index is 0.0403. The summed E-state index contributed by atoms with van der Waals surface area (Å²) in [6, 6.07) is 18.4. The summed E-state index contributed by atoms with van der Waals surface area (Å²) in [5.41, 5.74) is 4.25. The minimum Gasteiger partial charge on any atom is -0.283 e. The van der Waals surface area contributed by atoms with Crippen molar-refractivity contribution in [2.45, 2.75) is 31.2 Å². The molecule has 0 radical (unpaired) electrons. The van der Waals surface area contributed by atoms with Crippen molar-refractivity contribution in [3.63, 3.8) is 0 Å². The Kier molecular flexibility index (Phi) is 6.45. The van der Waals surface area contributed by atoms with Crippen LogP contribution in [0, 0.1) is 0 Å². The fraction of sp³-hybridized carbons (Fsp3) is 0.208. The number of aromatic nitrogens is 2. The van der Waals surface area contributed by atoms with Crippen LogP contribution in [0.4, 0.5) is 5.13 Å². The fourth-order valence-corrected chi connectivity index (χ4v) is 4.69. The molecule has 4 aromatic rings. The first-order valence-corrected chi connectivity index (χ1v) is 11.9. The normalized spacial score (nSPS) is 11.0. The number of hydrogen-bond acceptors (Lipinski definition) is 5. The van der Waals surface area contributed by atoms with Crippen LogP contribution < -0.4 is 4.90 Å². The molecule has 0 unspecified atom stereocenters. The number of rotatable bonds is 7. The number of carbonyl (C=O) groups excluding carboxylic acids is 1. The lowest BCUT2D eigenvalue weighted by Crippen LogP contribution is -2.31. The Labute approximate surface area is 185 Å². The van der Waals surface area contributed by atoms with Gasteiger partial charge in [-0.25, -0.2) is 4.98 Å². The predicted octanol–water partition coefficient (Wildman–Crippen LogP) is 5.75. The maximum Gasteiger partial charge on any atom is 0.233 e. The quantitative estimate of drug-likeness (QED) is 0.348. The third-order valence-electron chi connectivity index (χ3n) is 4.99. The number of fused-ring (bicyclic) bond motifs is 1. The lowest BCUT2D eigenvalue weighted by atomic mass is 10.1. The third-order valence-corrected chi connectivity index (χ3v) is 6.77. The van der Waals surface area contributed by atoms with E-state index in [4.69, 9.17) is 4.98 Å². The van der Waals surface area contributed by atoms with Gasteiger partial charge in [0.15, 0.2) is 5.13 Å². The number of carbonyl (C=O) groups is 1. The van der Waals surface area contributed by atoms with E-state index in [2.05, 4.69) is 36.2 Å². The monoisotopic (exact) mass is 433 g/mol. The average Bonchev–Trinajstić information content (AvgIpc) is 3.21. The fourth-order valence-electron chi connectivity index (χ4n) is 3.24. The van der Waals surface area contributed by atoms with Crippen LogP contribution in [0.5, 0.6) is 0 Å². The molecule has 0 aliphatic rings. The highest BCUT2D eigenvalue weighted by atomic mass is 32.2. The molecule has 2 aromatic carbocycles. The van der Waals surface area contributed by atoms with Crippen LogP contribution in [0.2, 0.25) is 0 Å². The van der Waals surface area contributed by atoms with Crippen LogP contribution in [-0.2, 0) is 24.2 Å². The van der Waals surface area contributed by atoms with Crippen LogP contribution in [0.3, 0.4) is 0 Å². The van der Waals surface area contributed by atoms with E-state index in [9.17, 15) is 4.79 Å². The molecule has 4 rings (SSSR count). The molecule has 0 N–H and O–H groups in total. The maximum absolute atomic E-state index is 13.3. The van der Waals surface area contributed by atoms with Crippen molar-refractivity contribution >= 4 is 44.4 Å². The first-order chi connectivity index (χ1) is 14.7. The molecule has 6 heteroatoms. The molecule has 0 saturated carbocycles. The van der Waals surface area contributed by atoms with Crippen molar-refractivity contribution < 1.29 is 4.79 Å². The summed E-state index contributed by atoms with van der Waals surface area (Å²) < 4.78 is 1.11. The second-order valence-corrected chi connectivity index (χ2v) is 8.90. The van der Waals surface area contributed by atoms with Gasteiger partial charge in [0.1, 0.15) is 0 Å². The zero-order chi connectivity index (χ0) is 20.9. The zero-order valence-corrected chi connectivity index (χ0v) is 18.7. The molecule has 2 heterocycles. The predicted molar refractivity (Wildman–Crippen MR) is 126 cm³/mol. The highest BCUT2D eigenvalue weighted by Gasteiger charge is 2.21. The number of pyridine rings is 1. The second-order valence-electron chi connectivity index (χ2n) is 7.01. The number of thioether (sulfide) groups is 1. The van der Waals surface area contributed by atoms with Gasteiger partial charge in [-0.1, -0.05) is 36.5 Å². The van der Waals surface area contributed by atoms with Gasteiger partial charge in [-0.3, -0.25) is 14.7 Å². The second kappa shape index (κ2) is 9.41. The molecule has 0 fully saturated rings. The molecule has 152 valence electrons. The van der Waals surface area contributed by atoms with Gasteiger partial charge in [-0.05, 0) is 65.8 Å². The van der Waals surface area contributed by atoms with E-state index in [1.165, 1.54) is 10.5 Å². The third kappa shape index (κ3) is 4.71. The van der Waals surface area contributed by atoms with E-state index >= 15 is 0 Å². The Balaban J connectivity index is 1.65. The maximum atomic E-state index is 13.3. The number of nitrogens with zero attached hydrogens (tertiary/aromatic N) is 3. The Hall–Kier alpha value is -2.70. The molecule has 1 amide bonds. The molecular formula is C24H23N3OS2. The first-order valence-electron chi connectivity index (χ1n) is 9.88. The highest BCUT2D eigenvalue weighted by Crippen LogP contribution is 2.31. The van der Waals surface area contributed by atoms with E-state index < -0.39 is 0 Å². The summed E-state index contributed by atoms with van der Waals surface area (Å²) in [5.74, 6) is 0.0403. The van der Waals surface area contributed by atoms with Crippen molar-refractivity contribution in [2.24, 2.45) is 0 Å². The van der Waals surface area contributed by atoms with Gasteiger partial charge < -0.3 is 0 Å². The molecule has 4 nitrogen and oxygen atoms in total. The first kappa shape index (κ1) is 20.6. The van der Waals surface area contributed by atoms with Crippen LogP contribution in [0.25, 0.3) is 10.2 Å². The smallest absolute Gasteiger partial charge is 0.233 e. The Morgan fingerprint density at radius 2 is 1.73 bits per heavy atom. The lowest BCUT2D eigenvalue weighted by molar-refractivity contribution is -0.118. The summed E-state index contributed by atoms with van der Waals surface area (Å²) in [7, 11) is 0. The van der Waals surface area contributed by atoms with Crippen molar-refractivity contribution in [3.05, 3.63) is 83.7 Å². The summed E-state index contributed by atoms with van der Waals surface area (Å²) in [6.07, 6.45) is 6.88. The number of amides is 1. The van der Waals surface area contributed by atoms with Crippen LogP contribution in [0.1, 0.15) is 23.6 Å². The molecule has 0 saturated heterocycles. The molecule has 0 aliphatic carbocycles. The standard InChI is InChI=1S/C24H23N3OS2/c1-3-17-6-9-21-22(14-17)30-24(26-21)27(16-19-10-12-25-13-11-19)23(28)15-18-4-7-20(29-2)8-5-18/h4-14H,3,15-16H2,1-2H3. The van der Waals surface area contributed by atoms with Gasteiger partial charge in [0, 0.05) is 17.3 Å². The number of benzene rings is 2.